The second-order valence-electron chi connectivity index (χ2n) is 3.38. The molecule has 0 nitrogen and oxygen atoms in total. The first-order valence-corrected chi connectivity index (χ1v) is 6.04. The predicted molar refractivity (Wildman–Crippen MR) is 58.3 cm³/mol. The largest absolute Gasteiger partial charge is 0.126 e. The highest BCUT2D eigenvalue weighted by Gasteiger charge is 2.04. The zero-order valence-electron chi connectivity index (χ0n) is 7.99. The van der Waals surface area contributed by atoms with E-state index in [1.165, 1.54) is 38.5 Å². The number of hydrogen-bond donors (Lipinski definition) is 0. The molecular formula is C10H20Cl2. The summed E-state index contributed by atoms with van der Waals surface area (Å²) in [5, 5.41) is 0. The van der Waals surface area contributed by atoms with Crippen molar-refractivity contribution in [1.82, 2.24) is 0 Å². The van der Waals surface area contributed by atoms with Gasteiger partial charge in [-0.05, 0) is 12.3 Å². The van der Waals surface area contributed by atoms with E-state index in [4.69, 9.17) is 23.2 Å². The maximum absolute atomic E-state index is 5.72. The molecule has 0 amide bonds. The van der Waals surface area contributed by atoms with E-state index < -0.39 is 0 Å². The Labute approximate surface area is 86.6 Å². The Bertz CT molecular complexity index is 79.9. The fourth-order valence-corrected chi connectivity index (χ4v) is 1.87. The highest BCUT2D eigenvalue weighted by atomic mass is 35.5. The van der Waals surface area contributed by atoms with E-state index in [-0.39, 0.29) is 0 Å². The van der Waals surface area contributed by atoms with Crippen LogP contribution in [-0.4, -0.2) is 11.8 Å². The van der Waals surface area contributed by atoms with E-state index in [2.05, 4.69) is 6.92 Å². The van der Waals surface area contributed by atoms with Crippen molar-refractivity contribution in [1.29, 1.82) is 0 Å². The number of rotatable bonds is 8. The molecule has 0 unspecified atom stereocenters. The Hall–Kier alpha value is 0.580. The van der Waals surface area contributed by atoms with Crippen molar-refractivity contribution in [3.05, 3.63) is 0 Å². The van der Waals surface area contributed by atoms with Gasteiger partial charge in [0.25, 0.3) is 0 Å². The van der Waals surface area contributed by atoms with Crippen LogP contribution in [0.15, 0.2) is 0 Å². The summed E-state index contributed by atoms with van der Waals surface area (Å²) in [5.41, 5.74) is 0. The third-order valence-electron chi connectivity index (χ3n) is 2.15. The van der Waals surface area contributed by atoms with Crippen LogP contribution in [0, 0.1) is 5.92 Å². The minimum atomic E-state index is 0.537. The van der Waals surface area contributed by atoms with E-state index in [0.717, 1.165) is 11.8 Å². The number of alkyl halides is 2. The summed E-state index contributed by atoms with van der Waals surface area (Å²) in [6.07, 6.45) is 7.90. The van der Waals surface area contributed by atoms with Gasteiger partial charge in [0.2, 0.25) is 0 Å². The molecule has 0 aliphatic heterocycles. The molecule has 0 atom stereocenters. The average Bonchev–Trinajstić information content (AvgIpc) is 2.11. The van der Waals surface area contributed by atoms with E-state index in [9.17, 15) is 0 Å². The maximum atomic E-state index is 5.72. The molecule has 0 aromatic rings. The summed E-state index contributed by atoms with van der Waals surface area (Å²) < 4.78 is 0. The van der Waals surface area contributed by atoms with Crippen molar-refractivity contribution in [2.75, 3.05) is 11.8 Å². The number of halogens is 2. The number of unbranched alkanes of at least 4 members (excludes halogenated alkanes) is 4. The average molecular weight is 211 g/mol. The number of hydrogen-bond acceptors (Lipinski definition) is 0. The molecule has 74 valence electrons. The molecule has 0 fully saturated rings. The normalized spacial score (nSPS) is 11.0. The smallest absolute Gasteiger partial charge is 0.0263 e. The minimum Gasteiger partial charge on any atom is -0.126 e. The van der Waals surface area contributed by atoms with Crippen LogP contribution in [0.3, 0.4) is 0 Å². The molecule has 0 N–H and O–H groups in total. The molecule has 0 saturated heterocycles. The topological polar surface area (TPSA) is 0 Å². The van der Waals surface area contributed by atoms with E-state index in [0.29, 0.717) is 5.92 Å². The van der Waals surface area contributed by atoms with Crippen molar-refractivity contribution < 1.29 is 0 Å². The standard InChI is InChI=1S/C10H20Cl2/c1-2-3-4-5-6-7-10(8-11)9-12/h10H,2-9H2,1H3. The quantitative estimate of drug-likeness (QED) is 0.411. The van der Waals surface area contributed by atoms with Crippen molar-refractivity contribution in [2.45, 2.75) is 45.4 Å². The molecule has 0 aromatic carbocycles. The van der Waals surface area contributed by atoms with Crippen LogP contribution in [0.1, 0.15) is 45.4 Å². The molecule has 0 aliphatic rings. The van der Waals surface area contributed by atoms with Gasteiger partial charge in [-0.3, -0.25) is 0 Å². The van der Waals surface area contributed by atoms with Crippen LogP contribution in [-0.2, 0) is 0 Å². The van der Waals surface area contributed by atoms with Gasteiger partial charge in [0.05, 0.1) is 0 Å². The third kappa shape index (κ3) is 7.24. The molecular weight excluding hydrogens is 191 g/mol. The van der Waals surface area contributed by atoms with Crippen molar-refractivity contribution in [2.24, 2.45) is 5.92 Å². The summed E-state index contributed by atoms with van der Waals surface area (Å²) in [4.78, 5) is 0. The Morgan fingerprint density at radius 3 is 2.00 bits per heavy atom. The molecule has 0 spiro atoms. The molecule has 0 bridgehead atoms. The van der Waals surface area contributed by atoms with Crippen molar-refractivity contribution in [3.63, 3.8) is 0 Å². The lowest BCUT2D eigenvalue weighted by Gasteiger charge is -2.08. The van der Waals surface area contributed by atoms with Crippen LogP contribution < -0.4 is 0 Å². The fourth-order valence-electron chi connectivity index (χ4n) is 1.23. The first-order valence-electron chi connectivity index (χ1n) is 4.97. The summed E-state index contributed by atoms with van der Waals surface area (Å²) in [6.45, 7) is 2.24. The summed E-state index contributed by atoms with van der Waals surface area (Å²) in [7, 11) is 0. The van der Waals surface area contributed by atoms with Gasteiger partial charge >= 0.3 is 0 Å². The zero-order chi connectivity index (χ0) is 9.23. The molecule has 0 radical (unpaired) electrons. The molecule has 12 heavy (non-hydrogen) atoms. The lowest BCUT2D eigenvalue weighted by molar-refractivity contribution is 0.526. The SMILES string of the molecule is CCCCCCCC(CCl)CCl. The molecule has 0 aromatic heterocycles. The van der Waals surface area contributed by atoms with Crippen molar-refractivity contribution in [3.8, 4) is 0 Å². The van der Waals surface area contributed by atoms with Gasteiger partial charge < -0.3 is 0 Å². The van der Waals surface area contributed by atoms with E-state index in [1.54, 1.807) is 0 Å². The van der Waals surface area contributed by atoms with Crippen LogP contribution in [0.25, 0.3) is 0 Å². The van der Waals surface area contributed by atoms with Crippen molar-refractivity contribution >= 4 is 23.2 Å². The fraction of sp³-hybridized carbons (Fsp3) is 1.00. The summed E-state index contributed by atoms with van der Waals surface area (Å²) in [6, 6.07) is 0. The summed E-state index contributed by atoms with van der Waals surface area (Å²) in [5.74, 6) is 1.98. The lowest BCUT2D eigenvalue weighted by atomic mass is 10.0. The van der Waals surface area contributed by atoms with Gasteiger partial charge in [-0.1, -0.05) is 39.0 Å². The van der Waals surface area contributed by atoms with Gasteiger partial charge in [0.1, 0.15) is 0 Å². The maximum Gasteiger partial charge on any atom is 0.0263 e. The third-order valence-corrected chi connectivity index (χ3v) is 3.03. The van der Waals surface area contributed by atoms with Gasteiger partial charge in [-0.2, -0.15) is 0 Å². The Kier molecular flexibility index (Phi) is 10.1. The zero-order valence-corrected chi connectivity index (χ0v) is 9.50. The molecule has 2 heteroatoms. The minimum absolute atomic E-state index is 0.537. The highest BCUT2D eigenvalue weighted by Crippen LogP contribution is 2.14. The van der Waals surface area contributed by atoms with Gasteiger partial charge in [-0.15, -0.1) is 23.2 Å². The predicted octanol–water partition coefficient (Wildman–Crippen LogP) is 4.44. The van der Waals surface area contributed by atoms with Crippen LogP contribution >= 0.6 is 23.2 Å². The Morgan fingerprint density at radius 2 is 1.50 bits per heavy atom. The van der Waals surface area contributed by atoms with Crippen LogP contribution in [0.5, 0.6) is 0 Å². The highest BCUT2D eigenvalue weighted by molar-refractivity contribution is 6.20. The van der Waals surface area contributed by atoms with Gasteiger partial charge in [-0.25, -0.2) is 0 Å². The lowest BCUT2D eigenvalue weighted by Crippen LogP contribution is -2.03. The van der Waals surface area contributed by atoms with E-state index in [1.807, 2.05) is 0 Å². The monoisotopic (exact) mass is 210 g/mol. The first kappa shape index (κ1) is 12.6. The van der Waals surface area contributed by atoms with Gasteiger partial charge in [0.15, 0.2) is 0 Å². The van der Waals surface area contributed by atoms with Crippen LogP contribution in [0.2, 0.25) is 0 Å². The molecule has 0 rings (SSSR count). The summed E-state index contributed by atoms with van der Waals surface area (Å²) >= 11 is 11.4. The molecule has 0 heterocycles. The van der Waals surface area contributed by atoms with E-state index >= 15 is 0 Å². The van der Waals surface area contributed by atoms with Crippen LogP contribution in [0.4, 0.5) is 0 Å². The Balaban J connectivity index is 3.06. The first-order chi connectivity index (χ1) is 5.85. The van der Waals surface area contributed by atoms with Gasteiger partial charge in [0, 0.05) is 11.8 Å². The second-order valence-corrected chi connectivity index (χ2v) is 3.99. The Morgan fingerprint density at radius 1 is 0.917 bits per heavy atom. The molecule has 0 saturated carbocycles. The molecule has 0 aliphatic carbocycles. The second kappa shape index (κ2) is 9.67.